The third kappa shape index (κ3) is 6.48. The Balaban J connectivity index is 1.11. The second kappa shape index (κ2) is 13.4. The third-order valence-corrected chi connectivity index (χ3v) is 10.3. The van der Waals surface area contributed by atoms with Crippen molar-refractivity contribution in [2.24, 2.45) is 11.7 Å². The Morgan fingerprint density at radius 1 is 1.14 bits per heavy atom. The van der Waals surface area contributed by atoms with Crippen molar-refractivity contribution in [3.8, 4) is 11.3 Å². The molecule has 11 nitrogen and oxygen atoms in total. The van der Waals surface area contributed by atoms with Gasteiger partial charge in [0.15, 0.2) is 10.9 Å². The Kier molecular flexibility index (Phi) is 9.39. The summed E-state index contributed by atoms with van der Waals surface area (Å²) >= 11 is 1.64. The van der Waals surface area contributed by atoms with E-state index in [2.05, 4.69) is 20.5 Å². The summed E-state index contributed by atoms with van der Waals surface area (Å²) in [6, 6.07) is 5.62. The van der Waals surface area contributed by atoms with E-state index in [1.54, 1.807) is 35.5 Å². The lowest BCUT2D eigenvalue weighted by atomic mass is 9.83. The van der Waals surface area contributed by atoms with E-state index in [-0.39, 0.29) is 36.7 Å². The van der Waals surface area contributed by atoms with Crippen molar-refractivity contribution in [1.82, 2.24) is 20.1 Å². The fourth-order valence-electron chi connectivity index (χ4n) is 6.89. The van der Waals surface area contributed by atoms with Crippen LogP contribution in [0, 0.1) is 5.92 Å². The molecule has 4 heterocycles. The van der Waals surface area contributed by atoms with Gasteiger partial charge in [-0.3, -0.25) is 19.3 Å². The summed E-state index contributed by atoms with van der Waals surface area (Å²) in [5.74, 6) is -0.624. The molecule has 4 aliphatic rings. The topological polar surface area (TPSA) is 130 Å². The van der Waals surface area contributed by atoms with Gasteiger partial charge in [-0.15, -0.1) is 11.3 Å². The highest BCUT2D eigenvalue weighted by Crippen LogP contribution is 2.32. The maximum Gasteiger partial charge on any atom is 0.251 e. The van der Waals surface area contributed by atoms with Crippen LogP contribution in [0.2, 0.25) is 0 Å². The number of anilines is 1. The minimum atomic E-state index is -0.706. The number of piperazine rings is 1. The molecule has 2 aromatic rings. The summed E-state index contributed by atoms with van der Waals surface area (Å²) in [5.41, 5.74) is 8.54. The summed E-state index contributed by atoms with van der Waals surface area (Å²) < 4.78 is 10.8. The molecule has 1 aliphatic carbocycles. The van der Waals surface area contributed by atoms with Crippen molar-refractivity contribution in [3.05, 3.63) is 35.2 Å². The maximum absolute atomic E-state index is 13.9. The summed E-state index contributed by atoms with van der Waals surface area (Å²) in [4.78, 5) is 51.2. The molecule has 3 N–H and O–H groups in total. The number of amides is 2. The number of thiazole rings is 1. The molecule has 0 spiro atoms. The van der Waals surface area contributed by atoms with Crippen molar-refractivity contribution < 1.29 is 23.9 Å². The van der Waals surface area contributed by atoms with Crippen LogP contribution < -0.4 is 16.0 Å². The standard InChI is InChI=1S/C31H42N6O5S/c1-41-16-15-35-11-13-36(14-12-35)31-33-24(19-43-31)20-7-9-22(10-8-20)29(39)34-26(21-5-3-2-4-6-21)30(40)37-17-23(32)28-27(37)25(38)18-42-28/h7-10,19,21,23,26-28H,2-6,11-18,32H2,1H3,(H,34,39)/t23-,26-,27+,28+/m0/s1. The van der Waals surface area contributed by atoms with Crippen LogP contribution in [0.1, 0.15) is 42.5 Å². The Labute approximate surface area is 256 Å². The van der Waals surface area contributed by atoms with Crippen LogP contribution in [0.15, 0.2) is 29.6 Å². The van der Waals surface area contributed by atoms with E-state index in [1.165, 1.54) is 0 Å². The first-order valence-corrected chi connectivity index (χ1v) is 16.3. The number of rotatable bonds is 9. The summed E-state index contributed by atoms with van der Waals surface area (Å²) in [6.07, 6.45) is 4.42. The number of likely N-dealkylation sites (tertiary alicyclic amines) is 1. The van der Waals surface area contributed by atoms with Crippen LogP contribution >= 0.6 is 11.3 Å². The highest BCUT2D eigenvalue weighted by Gasteiger charge is 2.52. The number of hydrogen-bond donors (Lipinski definition) is 2. The normalized spacial score (nSPS) is 25.6. The number of ketones is 1. The summed E-state index contributed by atoms with van der Waals surface area (Å²) in [6.45, 7) is 5.77. The number of ether oxygens (including phenoxy) is 2. The molecule has 4 atom stereocenters. The van der Waals surface area contributed by atoms with Crippen molar-refractivity contribution >= 4 is 34.1 Å². The van der Waals surface area contributed by atoms with Gasteiger partial charge < -0.3 is 30.3 Å². The Hall–Kier alpha value is -2.90. The molecule has 1 aromatic heterocycles. The van der Waals surface area contributed by atoms with Crippen molar-refractivity contribution in [1.29, 1.82) is 0 Å². The number of nitrogens with two attached hydrogens (primary N) is 1. The molecular formula is C31H42N6O5S. The average molecular weight is 611 g/mol. The summed E-state index contributed by atoms with van der Waals surface area (Å²) in [5, 5.41) is 6.12. The first kappa shape index (κ1) is 30.1. The lowest BCUT2D eigenvalue weighted by Crippen LogP contribution is -2.55. The van der Waals surface area contributed by atoms with Crippen LogP contribution in [-0.2, 0) is 19.1 Å². The zero-order chi connectivity index (χ0) is 29.9. The van der Waals surface area contributed by atoms with Gasteiger partial charge in [-0.2, -0.15) is 0 Å². The highest BCUT2D eigenvalue weighted by atomic mass is 32.1. The minimum Gasteiger partial charge on any atom is -0.383 e. The second-order valence-corrected chi connectivity index (χ2v) is 12.9. The molecule has 0 bridgehead atoms. The fraction of sp³-hybridized carbons (Fsp3) is 0.613. The molecular weight excluding hydrogens is 568 g/mol. The molecule has 2 amide bonds. The number of methoxy groups -OCH3 is 1. The van der Waals surface area contributed by atoms with Crippen LogP contribution in [0.4, 0.5) is 5.13 Å². The lowest BCUT2D eigenvalue weighted by molar-refractivity contribution is -0.139. The van der Waals surface area contributed by atoms with Gasteiger partial charge in [0, 0.05) is 62.9 Å². The van der Waals surface area contributed by atoms with Gasteiger partial charge in [-0.05, 0) is 30.9 Å². The van der Waals surface area contributed by atoms with Gasteiger partial charge in [0.2, 0.25) is 5.91 Å². The van der Waals surface area contributed by atoms with E-state index < -0.39 is 24.2 Å². The number of aromatic nitrogens is 1. The number of Topliss-reactive ketones (excluding diaryl/α,β-unsaturated/α-hetero) is 1. The monoisotopic (exact) mass is 610 g/mol. The quantitative estimate of drug-likeness (QED) is 0.436. The number of benzene rings is 1. The number of carbonyl (C=O) groups is 3. The third-order valence-electron chi connectivity index (χ3n) is 9.37. The SMILES string of the molecule is COCCN1CCN(c2nc(-c3ccc(C(=O)N[C@H](C(=O)N4C[C@H](N)[C@H]5OCC(=O)[C@H]54)C4CCCCC4)cc3)cs2)CC1. The first-order chi connectivity index (χ1) is 20.9. The van der Waals surface area contributed by atoms with Gasteiger partial charge >= 0.3 is 0 Å². The van der Waals surface area contributed by atoms with E-state index in [0.29, 0.717) is 5.56 Å². The smallest absolute Gasteiger partial charge is 0.251 e. The highest BCUT2D eigenvalue weighted by molar-refractivity contribution is 7.14. The van der Waals surface area contributed by atoms with E-state index >= 15 is 0 Å². The second-order valence-electron chi connectivity index (χ2n) is 12.1. The molecule has 6 rings (SSSR count). The molecule has 43 heavy (non-hydrogen) atoms. The molecule has 3 saturated heterocycles. The number of fused-ring (bicyclic) bond motifs is 1. The van der Waals surface area contributed by atoms with E-state index in [1.807, 2.05) is 12.1 Å². The van der Waals surface area contributed by atoms with Gasteiger partial charge in [0.25, 0.3) is 5.91 Å². The molecule has 12 heteroatoms. The molecule has 1 saturated carbocycles. The minimum absolute atomic E-state index is 0.0208. The number of nitrogens with zero attached hydrogens (tertiary/aromatic N) is 4. The molecule has 232 valence electrons. The number of carbonyl (C=O) groups excluding carboxylic acids is 3. The van der Waals surface area contributed by atoms with Crippen LogP contribution in [0.5, 0.6) is 0 Å². The molecule has 3 aliphatic heterocycles. The van der Waals surface area contributed by atoms with E-state index in [4.69, 9.17) is 20.2 Å². The molecule has 1 aromatic carbocycles. The van der Waals surface area contributed by atoms with Crippen molar-refractivity contribution in [2.75, 3.05) is 64.5 Å². The number of nitrogens with one attached hydrogen (secondary N) is 1. The van der Waals surface area contributed by atoms with Crippen LogP contribution in [0.25, 0.3) is 11.3 Å². The first-order valence-electron chi connectivity index (χ1n) is 15.5. The van der Waals surface area contributed by atoms with E-state index in [9.17, 15) is 14.4 Å². The van der Waals surface area contributed by atoms with Crippen LogP contribution in [-0.4, -0.2) is 116 Å². The van der Waals surface area contributed by atoms with Gasteiger partial charge in [0.05, 0.1) is 18.3 Å². The van der Waals surface area contributed by atoms with Gasteiger partial charge in [-0.25, -0.2) is 4.98 Å². The largest absolute Gasteiger partial charge is 0.383 e. The maximum atomic E-state index is 13.9. The fourth-order valence-corrected chi connectivity index (χ4v) is 7.78. The lowest BCUT2D eigenvalue weighted by Gasteiger charge is -2.34. The molecule has 0 unspecified atom stereocenters. The molecule has 0 radical (unpaired) electrons. The Bertz CT molecular complexity index is 1290. The predicted molar refractivity (Wildman–Crippen MR) is 164 cm³/mol. The zero-order valence-corrected chi connectivity index (χ0v) is 25.6. The van der Waals surface area contributed by atoms with E-state index in [0.717, 1.165) is 87.8 Å². The summed E-state index contributed by atoms with van der Waals surface area (Å²) in [7, 11) is 1.73. The predicted octanol–water partition coefficient (Wildman–Crippen LogP) is 1.76. The van der Waals surface area contributed by atoms with Gasteiger partial charge in [0.1, 0.15) is 24.8 Å². The Morgan fingerprint density at radius 3 is 2.60 bits per heavy atom. The van der Waals surface area contributed by atoms with Crippen LogP contribution in [0.3, 0.4) is 0 Å². The van der Waals surface area contributed by atoms with Gasteiger partial charge in [-0.1, -0.05) is 31.4 Å². The van der Waals surface area contributed by atoms with Crippen molar-refractivity contribution in [2.45, 2.75) is 56.3 Å². The zero-order valence-electron chi connectivity index (χ0n) is 24.8. The Morgan fingerprint density at radius 2 is 1.88 bits per heavy atom. The average Bonchev–Trinajstić information content (AvgIpc) is 3.77. The number of hydrogen-bond acceptors (Lipinski definition) is 10. The molecule has 4 fully saturated rings. The van der Waals surface area contributed by atoms with Crippen molar-refractivity contribution in [3.63, 3.8) is 0 Å².